The van der Waals surface area contributed by atoms with E-state index in [9.17, 15) is 18.4 Å². The van der Waals surface area contributed by atoms with E-state index in [1.165, 1.54) is 0 Å². The lowest BCUT2D eigenvalue weighted by Gasteiger charge is -2.15. The molecule has 0 radical (unpaired) electrons. The monoisotopic (exact) mass is 414 g/mol. The summed E-state index contributed by atoms with van der Waals surface area (Å²) >= 11 is 12.1. The Kier molecular flexibility index (Phi) is 5.29. The number of hydrogen-bond acceptors (Lipinski definition) is 5. The molecule has 2 aromatic heterocycles. The molecule has 0 atom stereocenters. The normalized spacial score (nSPS) is 10.9. The molecule has 0 unspecified atom stereocenters. The fourth-order valence-electron chi connectivity index (χ4n) is 2.41. The zero-order valence-corrected chi connectivity index (χ0v) is 15.1. The quantitative estimate of drug-likeness (QED) is 0.465. The van der Waals surface area contributed by atoms with Crippen LogP contribution in [0.3, 0.4) is 0 Å². The van der Waals surface area contributed by atoms with Gasteiger partial charge in [0.2, 0.25) is 5.43 Å². The molecule has 0 aliphatic carbocycles. The highest BCUT2D eigenvalue weighted by atomic mass is 35.5. The highest BCUT2D eigenvalue weighted by Crippen LogP contribution is 2.31. The molecule has 10 heteroatoms. The van der Waals surface area contributed by atoms with Gasteiger partial charge in [-0.25, -0.2) is 18.6 Å². The van der Waals surface area contributed by atoms with Crippen molar-refractivity contribution < 1.29 is 23.0 Å². The molecule has 0 fully saturated rings. The Morgan fingerprint density at radius 1 is 1.30 bits per heavy atom. The van der Waals surface area contributed by atoms with E-state index in [1.807, 2.05) is 0 Å². The van der Waals surface area contributed by atoms with Crippen LogP contribution in [0.4, 0.5) is 13.6 Å². The van der Waals surface area contributed by atoms with Gasteiger partial charge in [0.05, 0.1) is 29.4 Å². The van der Waals surface area contributed by atoms with Crippen molar-refractivity contribution in [1.29, 1.82) is 0 Å². The second-order valence-electron chi connectivity index (χ2n) is 5.20. The van der Waals surface area contributed by atoms with Crippen molar-refractivity contribution >= 4 is 40.3 Å². The van der Waals surface area contributed by atoms with Gasteiger partial charge in [0, 0.05) is 12.3 Å². The molecule has 6 nitrogen and oxygen atoms in total. The Bertz CT molecular complexity index is 1120. The number of nitrogens with zero attached hydrogens (tertiary/aromatic N) is 2. The summed E-state index contributed by atoms with van der Waals surface area (Å²) in [6, 6.07) is 2.81. The third-order valence-electron chi connectivity index (χ3n) is 3.53. The number of rotatable bonds is 3. The van der Waals surface area contributed by atoms with Gasteiger partial charge in [-0.2, -0.15) is 0 Å². The third-order valence-corrected chi connectivity index (χ3v) is 4.27. The van der Waals surface area contributed by atoms with Crippen molar-refractivity contribution in [2.24, 2.45) is 0 Å². The lowest BCUT2D eigenvalue weighted by Crippen LogP contribution is -2.19. The largest absolute Gasteiger partial charge is 0.514 e. The average molecular weight is 415 g/mol. The third kappa shape index (κ3) is 3.58. The van der Waals surface area contributed by atoms with Crippen molar-refractivity contribution in [1.82, 2.24) is 9.55 Å². The van der Waals surface area contributed by atoms with E-state index in [-0.39, 0.29) is 33.4 Å². The van der Waals surface area contributed by atoms with Gasteiger partial charge in [0.25, 0.3) is 0 Å². The van der Waals surface area contributed by atoms with Crippen molar-refractivity contribution in [2.45, 2.75) is 6.92 Å². The first-order chi connectivity index (χ1) is 12.8. The number of carbonyl (C=O) groups excluding carboxylic acids is 1. The predicted octanol–water partition coefficient (Wildman–Crippen LogP) is 4.51. The maximum Gasteiger partial charge on any atom is 0.514 e. The summed E-state index contributed by atoms with van der Waals surface area (Å²) in [6.07, 6.45) is 1.04. The Hall–Kier alpha value is -2.71. The van der Waals surface area contributed by atoms with Gasteiger partial charge in [0.15, 0.2) is 5.75 Å². The Balaban J connectivity index is 2.35. The molecule has 0 N–H and O–H groups in total. The van der Waals surface area contributed by atoms with Gasteiger partial charge in [-0.15, -0.1) is 0 Å². The Labute approximate surface area is 160 Å². The maximum absolute atomic E-state index is 14.3. The minimum Gasteiger partial charge on any atom is -0.434 e. The first-order valence-corrected chi connectivity index (χ1v) is 8.28. The molecule has 0 amide bonds. The van der Waals surface area contributed by atoms with Gasteiger partial charge in [-0.3, -0.25) is 4.79 Å². The van der Waals surface area contributed by atoms with Crippen molar-refractivity contribution in [3.63, 3.8) is 0 Å². The van der Waals surface area contributed by atoms with Crippen molar-refractivity contribution in [3.8, 4) is 11.4 Å². The summed E-state index contributed by atoms with van der Waals surface area (Å²) in [5.41, 5.74) is -0.870. The van der Waals surface area contributed by atoms with E-state index in [1.54, 1.807) is 6.92 Å². The van der Waals surface area contributed by atoms with Crippen LogP contribution in [0.1, 0.15) is 6.92 Å². The Morgan fingerprint density at radius 2 is 2.04 bits per heavy atom. The van der Waals surface area contributed by atoms with E-state index in [0.717, 1.165) is 29.1 Å². The molecular formula is C17H10Cl2F2N2O4. The first-order valence-electron chi connectivity index (χ1n) is 7.52. The highest BCUT2D eigenvalue weighted by Gasteiger charge is 2.20. The standard InChI is InChI=1S/C17H10Cl2F2N2O4/c1-2-26-17(25)27-12-7-23(11-4-3-8(20)5-10(11)21)14-9(15(12)24)6-22-16(19)13(14)18/h3-7H,2H2,1H3. The zero-order valence-electron chi connectivity index (χ0n) is 13.6. The van der Waals surface area contributed by atoms with E-state index >= 15 is 0 Å². The topological polar surface area (TPSA) is 70.4 Å². The van der Waals surface area contributed by atoms with Crippen LogP contribution in [0.2, 0.25) is 10.2 Å². The number of ether oxygens (including phenoxy) is 2. The van der Waals surface area contributed by atoms with E-state index < -0.39 is 29.0 Å². The molecule has 27 heavy (non-hydrogen) atoms. The Morgan fingerprint density at radius 3 is 2.70 bits per heavy atom. The summed E-state index contributed by atoms with van der Waals surface area (Å²) in [5.74, 6) is -2.19. The molecule has 0 bridgehead atoms. The summed E-state index contributed by atoms with van der Waals surface area (Å²) in [4.78, 5) is 28.0. The van der Waals surface area contributed by atoms with Crippen LogP contribution in [0, 0.1) is 11.6 Å². The smallest absolute Gasteiger partial charge is 0.434 e. The average Bonchev–Trinajstić information content (AvgIpc) is 2.61. The van der Waals surface area contributed by atoms with E-state index in [4.69, 9.17) is 27.9 Å². The molecule has 0 spiro atoms. The SMILES string of the molecule is CCOC(=O)Oc1cn(-c2ccc(F)cc2F)c2c(Cl)c(Cl)ncc2c1=O. The van der Waals surface area contributed by atoms with Gasteiger partial charge in [-0.05, 0) is 19.1 Å². The molecule has 0 saturated carbocycles. The molecular weight excluding hydrogens is 405 g/mol. The van der Waals surface area contributed by atoms with E-state index in [2.05, 4.69) is 9.72 Å². The molecule has 1 aromatic carbocycles. The van der Waals surface area contributed by atoms with Crippen LogP contribution in [0.5, 0.6) is 5.75 Å². The fraction of sp³-hybridized carbons (Fsp3) is 0.118. The molecule has 0 aliphatic heterocycles. The van der Waals surface area contributed by atoms with Gasteiger partial charge < -0.3 is 14.0 Å². The van der Waals surface area contributed by atoms with Crippen molar-refractivity contribution in [3.05, 3.63) is 62.6 Å². The summed E-state index contributed by atoms with van der Waals surface area (Å²) in [7, 11) is 0. The van der Waals surface area contributed by atoms with Gasteiger partial charge in [-0.1, -0.05) is 23.2 Å². The zero-order chi connectivity index (χ0) is 19.7. The van der Waals surface area contributed by atoms with Crippen LogP contribution in [0.15, 0.2) is 35.4 Å². The molecule has 3 rings (SSSR count). The minimum absolute atomic E-state index is 0.0170. The lowest BCUT2D eigenvalue weighted by atomic mass is 10.2. The number of aromatic nitrogens is 2. The van der Waals surface area contributed by atoms with Crippen LogP contribution in [-0.4, -0.2) is 22.3 Å². The number of halogens is 4. The second-order valence-corrected chi connectivity index (χ2v) is 5.93. The van der Waals surface area contributed by atoms with Gasteiger partial charge in [0.1, 0.15) is 21.8 Å². The van der Waals surface area contributed by atoms with Crippen LogP contribution in [-0.2, 0) is 4.74 Å². The summed E-state index contributed by atoms with van der Waals surface area (Å²) < 4.78 is 38.3. The molecule has 0 aliphatic rings. The highest BCUT2D eigenvalue weighted by molar-refractivity contribution is 6.44. The first kappa shape index (κ1) is 19.1. The van der Waals surface area contributed by atoms with Crippen molar-refractivity contribution in [2.75, 3.05) is 6.61 Å². The number of carbonyl (C=O) groups is 1. The predicted molar refractivity (Wildman–Crippen MR) is 94.9 cm³/mol. The maximum atomic E-state index is 14.3. The molecule has 2 heterocycles. The molecule has 3 aromatic rings. The van der Waals surface area contributed by atoms with Crippen LogP contribution < -0.4 is 10.2 Å². The lowest BCUT2D eigenvalue weighted by molar-refractivity contribution is 0.104. The van der Waals surface area contributed by atoms with E-state index in [0.29, 0.717) is 6.07 Å². The second kappa shape index (κ2) is 7.50. The van der Waals surface area contributed by atoms with Crippen LogP contribution >= 0.6 is 23.2 Å². The summed E-state index contributed by atoms with van der Waals surface area (Å²) in [6.45, 7) is 1.58. The number of benzene rings is 1. The fourth-order valence-corrected chi connectivity index (χ4v) is 2.79. The van der Waals surface area contributed by atoms with Gasteiger partial charge >= 0.3 is 6.16 Å². The summed E-state index contributed by atoms with van der Waals surface area (Å²) in [5, 5.41) is -0.341. The number of pyridine rings is 2. The minimum atomic E-state index is -1.12. The molecule has 140 valence electrons. The number of hydrogen-bond donors (Lipinski definition) is 0. The molecule has 0 saturated heterocycles. The van der Waals surface area contributed by atoms with Crippen LogP contribution in [0.25, 0.3) is 16.6 Å². The number of fused-ring (bicyclic) bond motifs is 1.